The van der Waals surface area contributed by atoms with Gasteiger partial charge in [-0.15, -0.1) is 0 Å². The number of aryl methyl sites for hydroxylation is 2. The largest absolute Gasteiger partial charge is 0.397 e. The Morgan fingerprint density at radius 3 is 2.57 bits per heavy atom. The van der Waals surface area contributed by atoms with E-state index in [9.17, 15) is 13.2 Å². The third-order valence-electron chi connectivity index (χ3n) is 3.59. The van der Waals surface area contributed by atoms with Gasteiger partial charge in [-0.25, -0.2) is 8.42 Å². The molecule has 0 aromatic heterocycles. The minimum absolute atomic E-state index is 0.0376. The zero-order valence-corrected chi connectivity index (χ0v) is 12.8. The van der Waals surface area contributed by atoms with E-state index < -0.39 is 22.0 Å². The summed E-state index contributed by atoms with van der Waals surface area (Å²) in [5, 5.41) is 0. The fourth-order valence-electron chi connectivity index (χ4n) is 2.37. The molecular formula is C13H19N3O4S. The van der Waals surface area contributed by atoms with Crippen molar-refractivity contribution in [1.82, 2.24) is 4.31 Å². The van der Waals surface area contributed by atoms with Gasteiger partial charge in [-0.05, 0) is 25.0 Å². The molecule has 1 atom stereocenters. The molecule has 0 spiro atoms. The summed E-state index contributed by atoms with van der Waals surface area (Å²) >= 11 is 0. The Labute approximate surface area is 123 Å². The smallest absolute Gasteiger partial charge is 0.246 e. The van der Waals surface area contributed by atoms with E-state index in [1.807, 2.05) is 0 Å². The van der Waals surface area contributed by atoms with Crippen LogP contribution in [-0.4, -0.2) is 44.4 Å². The first-order valence-corrected chi connectivity index (χ1v) is 7.95. The number of nitrogens with two attached hydrogens (primary N) is 2. The van der Waals surface area contributed by atoms with Gasteiger partial charge in [0.15, 0.2) is 0 Å². The number of hydrogen-bond donors (Lipinski definition) is 2. The highest BCUT2D eigenvalue weighted by Crippen LogP contribution is 2.30. The summed E-state index contributed by atoms with van der Waals surface area (Å²) < 4.78 is 32.0. The Morgan fingerprint density at radius 2 is 1.95 bits per heavy atom. The number of morpholine rings is 1. The van der Waals surface area contributed by atoms with Crippen LogP contribution < -0.4 is 11.5 Å². The van der Waals surface area contributed by atoms with E-state index >= 15 is 0 Å². The van der Waals surface area contributed by atoms with Crippen molar-refractivity contribution < 1.29 is 17.9 Å². The maximum Gasteiger partial charge on any atom is 0.246 e. The summed E-state index contributed by atoms with van der Waals surface area (Å²) in [5.41, 5.74) is 12.6. The first-order valence-electron chi connectivity index (χ1n) is 6.51. The van der Waals surface area contributed by atoms with E-state index in [1.54, 1.807) is 26.0 Å². The molecule has 1 aliphatic rings. The number of primary amides is 1. The maximum atomic E-state index is 12.9. The van der Waals surface area contributed by atoms with Gasteiger partial charge in [-0.1, -0.05) is 12.1 Å². The summed E-state index contributed by atoms with van der Waals surface area (Å²) in [7, 11) is -3.91. The molecule has 1 aromatic rings. The lowest BCUT2D eigenvalue weighted by Crippen LogP contribution is -2.54. The minimum atomic E-state index is -3.91. The molecule has 1 unspecified atom stereocenters. The Bertz CT molecular complexity index is 672. The quantitative estimate of drug-likeness (QED) is 0.747. The van der Waals surface area contributed by atoms with E-state index in [-0.39, 0.29) is 30.3 Å². The number of nitrogens with zero attached hydrogens (tertiary/aromatic N) is 1. The van der Waals surface area contributed by atoms with Crippen LogP contribution >= 0.6 is 0 Å². The highest BCUT2D eigenvalue weighted by Gasteiger charge is 2.39. The van der Waals surface area contributed by atoms with Crippen molar-refractivity contribution in [3.63, 3.8) is 0 Å². The van der Waals surface area contributed by atoms with Crippen LogP contribution in [-0.2, 0) is 19.6 Å². The molecule has 7 nitrogen and oxygen atoms in total. The van der Waals surface area contributed by atoms with Crippen LogP contribution in [0, 0.1) is 13.8 Å². The van der Waals surface area contributed by atoms with Crippen molar-refractivity contribution in [3.8, 4) is 0 Å². The van der Waals surface area contributed by atoms with Crippen LogP contribution in [0.3, 0.4) is 0 Å². The average molecular weight is 313 g/mol. The molecule has 1 aliphatic heterocycles. The summed E-state index contributed by atoms with van der Waals surface area (Å²) in [6, 6.07) is 2.44. The van der Waals surface area contributed by atoms with E-state index in [4.69, 9.17) is 16.2 Å². The maximum absolute atomic E-state index is 12.9. The highest BCUT2D eigenvalue weighted by molar-refractivity contribution is 7.89. The summed E-state index contributed by atoms with van der Waals surface area (Å²) in [6.45, 7) is 3.65. The normalized spacial score (nSPS) is 20.4. The second-order valence-electron chi connectivity index (χ2n) is 5.05. The van der Waals surface area contributed by atoms with Crippen LogP contribution in [0.25, 0.3) is 0 Å². The van der Waals surface area contributed by atoms with Gasteiger partial charge < -0.3 is 16.2 Å². The standard InChI is InChI=1S/C13H19N3O4S/c1-8-3-4-9(2)12(11(8)14)21(18,19)16-5-6-20-7-10(16)13(15)17/h3-4,10H,5-7,14H2,1-2H3,(H2,15,17). The molecule has 21 heavy (non-hydrogen) atoms. The fraction of sp³-hybridized carbons (Fsp3) is 0.462. The Hall–Kier alpha value is -1.64. The minimum Gasteiger partial charge on any atom is -0.397 e. The molecule has 116 valence electrons. The molecule has 4 N–H and O–H groups in total. The molecular weight excluding hydrogens is 294 g/mol. The number of rotatable bonds is 3. The fourth-order valence-corrected chi connectivity index (χ4v) is 4.33. The van der Waals surface area contributed by atoms with E-state index in [1.165, 1.54) is 0 Å². The number of nitrogen functional groups attached to an aromatic ring is 1. The van der Waals surface area contributed by atoms with Gasteiger partial charge in [-0.3, -0.25) is 4.79 Å². The van der Waals surface area contributed by atoms with Gasteiger partial charge in [0.05, 0.1) is 18.9 Å². The molecule has 0 bridgehead atoms. The van der Waals surface area contributed by atoms with Gasteiger partial charge in [0, 0.05) is 6.54 Å². The molecule has 0 radical (unpaired) electrons. The summed E-state index contributed by atoms with van der Waals surface area (Å²) in [4.78, 5) is 11.5. The first kappa shape index (κ1) is 15.7. The molecule has 2 rings (SSSR count). The molecule has 1 aromatic carbocycles. The number of carbonyl (C=O) groups is 1. The third-order valence-corrected chi connectivity index (χ3v) is 5.70. The van der Waals surface area contributed by atoms with Crippen molar-refractivity contribution in [2.75, 3.05) is 25.5 Å². The van der Waals surface area contributed by atoms with Crippen molar-refractivity contribution in [1.29, 1.82) is 0 Å². The zero-order chi connectivity index (χ0) is 15.8. The predicted molar refractivity (Wildman–Crippen MR) is 78.0 cm³/mol. The van der Waals surface area contributed by atoms with Gasteiger partial charge in [-0.2, -0.15) is 4.31 Å². The molecule has 0 aliphatic carbocycles. The molecule has 1 amide bonds. The van der Waals surface area contributed by atoms with Gasteiger partial charge >= 0.3 is 0 Å². The topological polar surface area (TPSA) is 116 Å². The van der Waals surface area contributed by atoms with Gasteiger partial charge in [0.2, 0.25) is 15.9 Å². The number of amides is 1. The second kappa shape index (κ2) is 5.63. The zero-order valence-electron chi connectivity index (χ0n) is 12.0. The van der Waals surface area contributed by atoms with E-state index in [2.05, 4.69) is 0 Å². The van der Waals surface area contributed by atoms with Crippen LogP contribution in [0.2, 0.25) is 0 Å². The van der Waals surface area contributed by atoms with E-state index in [0.717, 1.165) is 4.31 Å². The molecule has 1 fully saturated rings. The monoisotopic (exact) mass is 313 g/mol. The highest BCUT2D eigenvalue weighted by atomic mass is 32.2. The Morgan fingerprint density at radius 1 is 1.33 bits per heavy atom. The third kappa shape index (κ3) is 2.74. The number of benzene rings is 1. The first-order chi connectivity index (χ1) is 9.76. The Balaban J connectivity index is 2.56. The summed E-state index contributed by atoms with van der Waals surface area (Å²) in [5.74, 6) is -0.734. The Kier molecular flexibility index (Phi) is 4.22. The van der Waals surface area contributed by atoms with Gasteiger partial charge in [0.1, 0.15) is 10.9 Å². The van der Waals surface area contributed by atoms with Crippen LogP contribution in [0.5, 0.6) is 0 Å². The lowest BCUT2D eigenvalue weighted by atomic mass is 10.1. The van der Waals surface area contributed by atoms with Crippen molar-refractivity contribution in [3.05, 3.63) is 23.3 Å². The average Bonchev–Trinajstić information content (AvgIpc) is 2.43. The lowest BCUT2D eigenvalue weighted by molar-refractivity contribution is -0.125. The molecule has 1 saturated heterocycles. The molecule has 0 saturated carbocycles. The number of hydrogen-bond acceptors (Lipinski definition) is 5. The molecule has 8 heteroatoms. The second-order valence-corrected chi connectivity index (χ2v) is 6.88. The number of anilines is 1. The van der Waals surface area contributed by atoms with Crippen LogP contribution in [0.1, 0.15) is 11.1 Å². The SMILES string of the molecule is Cc1ccc(C)c(S(=O)(=O)N2CCOCC2C(N)=O)c1N. The number of carbonyl (C=O) groups excluding carboxylic acids is 1. The number of sulfonamides is 1. The van der Waals surface area contributed by atoms with Crippen molar-refractivity contribution >= 4 is 21.6 Å². The van der Waals surface area contributed by atoms with Crippen molar-refractivity contribution in [2.24, 2.45) is 5.73 Å². The molecule has 1 heterocycles. The van der Waals surface area contributed by atoms with E-state index in [0.29, 0.717) is 11.1 Å². The van der Waals surface area contributed by atoms with Crippen LogP contribution in [0.4, 0.5) is 5.69 Å². The number of ether oxygens (including phenoxy) is 1. The lowest BCUT2D eigenvalue weighted by Gasteiger charge is -2.33. The van der Waals surface area contributed by atoms with Gasteiger partial charge in [0.25, 0.3) is 0 Å². The summed E-state index contributed by atoms with van der Waals surface area (Å²) in [6.07, 6.45) is 0. The van der Waals surface area contributed by atoms with Crippen molar-refractivity contribution in [2.45, 2.75) is 24.8 Å². The van der Waals surface area contributed by atoms with Crippen LogP contribution in [0.15, 0.2) is 17.0 Å². The predicted octanol–water partition coefficient (Wildman–Crippen LogP) is -0.240.